The van der Waals surface area contributed by atoms with Crippen molar-refractivity contribution in [2.45, 2.75) is 13.3 Å². The molecule has 0 aliphatic rings. The van der Waals surface area contributed by atoms with Crippen LogP contribution in [0.5, 0.6) is 5.75 Å². The second-order valence-corrected chi connectivity index (χ2v) is 2.98. The molecule has 0 atom stereocenters. The zero-order chi connectivity index (χ0) is 10.6. The molecule has 0 amide bonds. The fourth-order valence-corrected chi connectivity index (χ4v) is 1.12. The molecule has 15 heavy (non-hydrogen) atoms. The average molecular weight is 242 g/mol. The Bertz CT molecular complexity index is 304. The normalized spacial score (nSPS) is 10.7. The molecular formula is C9H11BF3KO. The Balaban J connectivity index is 0.00000196. The monoisotopic (exact) mass is 242 g/mol. The van der Waals surface area contributed by atoms with Crippen molar-refractivity contribution in [3.63, 3.8) is 0 Å². The first-order valence-corrected chi connectivity index (χ1v) is 4.44. The van der Waals surface area contributed by atoms with Crippen LogP contribution in [0.15, 0.2) is 24.3 Å². The minimum atomic E-state index is -4.87. The van der Waals surface area contributed by atoms with Crippen molar-refractivity contribution in [3.05, 3.63) is 29.8 Å². The summed E-state index contributed by atoms with van der Waals surface area (Å²) in [7, 11) is 0. The zero-order valence-electron chi connectivity index (χ0n) is 8.84. The number of ether oxygens (including phenoxy) is 1. The van der Waals surface area contributed by atoms with Crippen LogP contribution in [0.3, 0.4) is 0 Å². The van der Waals surface area contributed by atoms with E-state index >= 15 is 0 Å². The van der Waals surface area contributed by atoms with E-state index in [2.05, 4.69) is 0 Å². The third-order valence-corrected chi connectivity index (χ3v) is 1.78. The van der Waals surface area contributed by atoms with Crippen molar-refractivity contribution in [1.82, 2.24) is 0 Å². The minimum Gasteiger partial charge on any atom is -0.521 e. The second-order valence-electron chi connectivity index (χ2n) is 2.98. The minimum absolute atomic E-state index is 0. The van der Waals surface area contributed by atoms with E-state index in [1.807, 2.05) is 6.92 Å². The molecule has 1 aromatic carbocycles. The Labute approximate surface area is 130 Å². The molecule has 0 bridgehead atoms. The SMILES string of the molecule is CCc1ccccc1OC[B-](F)(F)F.[K+]. The van der Waals surface area contributed by atoms with Gasteiger partial charge in [-0.1, -0.05) is 25.1 Å². The molecule has 0 saturated carbocycles. The predicted octanol–water partition coefficient (Wildman–Crippen LogP) is 0.0184. The van der Waals surface area contributed by atoms with E-state index in [9.17, 15) is 12.9 Å². The number of hydrogen-bond donors (Lipinski definition) is 0. The maximum atomic E-state index is 11.9. The molecule has 6 heteroatoms. The number of aryl methyl sites for hydroxylation is 1. The largest absolute Gasteiger partial charge is 1.00 e. The molecule has 1 rings (SSSR count). The molecule has 0 spiro atoms. The molecule has 0 aliphatic heterocycles. The van der Waals surface area contributed by atoms with Crippen molar-refractivity contribution in [3.8, 4) is 5.75 Å². The summed E-state index contributed by atoms with van der Waals surface area (Å²) in [5, 5.41) is 0. The zero-order valence-corrected chi connectivity index (χ0v) is 12.0. The van der Waals surface area contributed by atoms with Gasteiger partial charge in [0.15, 0.2) is 0 Å². The van der Waals surface area contributed by atoms with Crippen LogP contribution in [0.4, 0.5) is 12.9 Å². The van der Waals surface area contributed by atoms with E-state index in [1.165, 1.54) is 0 Å². The molecule has 0 unspecified atom stereocenters. The Morgan fingerprint density at radius 2 is 1.80 bits per heavy atom. The summed E-state index contributed by atoms with van der Waals surface area (Å²) >= 11 is 0. The summed E-state index contributed by atoms with van der Waals surface area (Å²) in [6.45, 7) is -4.17. The molecule has 0 saturated heterocycles. The third kappa shape index (κ3) is 5.97. The standard InChI is InChI=1S/C9H11BF3O.K/c1-2-8-5-3-4-6-9(8)14-7-10(11,12)13;/h3-6H,2,7H2,1H3;/q-1;+1. The van der Waals surface area contributed by atoms with Crippen molar-refractivity contribution < 1.29 is 69.1 Å². The number of para-hydroxylation sites is 1. The van der Waals surface area contributed by atoms with Gasteiger partial charge >= 0.3 is 58.4 Å². The Morgan fingerprint density at radius 3 is 2.33 bits per heavy atom. The van der Waals surface area contributed by atoms with Crippen LogP contribution >= 0.6 is 0 Å². The molecule has 0 aromatic heterocycles. The molecule has 0 fully saturated rings. The van der Waals surface area contributed by atoms with Gasteiger partial charge in [-0.25, -0.2) is 0 Å². The quantitative estimate of drug-likeness (QED) is 0.676. The van der Waals surface area contributed by atoms with Gasteiger partial charge in [0.25, 0.3) is 0 Å². The van der Waals surface area contributed by atoms with Crippen LogP contribution in [0.25, 0.3) is 0 Å². The second kappa shape index (κ2) is 6.96. The maximum Gasteiger partial charge on any atom is 1.00 e. The molecular weight excluding hydrogens is 231 g/mol. The fourth-order valence-electron chi connectivity index (χ4n) is 1.12. The van der Waals surface area contributed by atoms with Gasteiger partial charge in [0, 0.05) is 0 Å². The Hall–Kier alpha value is 0.511. The van der Waals surface area contributed by atoms with E-state index in [4.69, 9.17) is 4.74 Å². The van der Waals surface area contributed by atoms with Crippen molar-refractivity contribution in [2.24, 2.45) is 0 Å². The molecule has 0 heterocycles. The van der Waals surface area contributed by atoms with Gasteiger partial charge in [0.1, 0.15) is 5.75 Å². The number of hydrogen-bond acceptors (Lipinski definition) is 1. The van der Waals surface area contributed by atoms with Crippen molar-refractivity contribution in [1.29, 1.82) is 0 Å². The van der Waals surface area contributed by atoms with E-state index in [-0.39, 0.29) is 51.4 Å². The predicted molar refractivity (Wildman–Crippen MR) is 50.4 cm³/mol. The van der Waals surface area contributed by atoms with Gasteiger partial charge in [-0.2, -0.15) is 0 Å². The van der Waals surface area contributed by atoms with Crippen LogP contribution in [0.1, 0.15) is 12.5 Å². The smallest absolute Gasteiger partial charge is 0.521 e. The average Bonchev–Trinajstić information content (AvgIpc) is 2.14. The van der Waals surface area contributed by atoms with Gasteiger partial charge in [-0.3, -0.25) is 0 Å². The van der Waals surface area contributed by atoms with Gasteiger partial charge in [0.05, 0.1) is 6.51 Å². The number of halogens is 3. The van der Waals surface area contributed by atoms with E-state index in [1.54, 1.807) is 24.3 Å². The van der Waals surface area contributed by atoms with Gasteiger partial charge in [-0.05, 0) is 18.1 Å². The van der Waals surface area contributed by atoms with E-state index in [0.717, 1.165) is 5.56 Å². The van der Waals surface area contributed by atoms with Gasteiger partial charge < -0.3 is 17.7 Å². The third-order valence-electron chi connectivity index (χ3n) is 1.78. The summed E-state index contributed by atoms with van der Waals surface area (Å²) in [5.41, 5.74) is 0.799. The molecule has 1 aromatic rings. The molecule has 1 nitrogen and oxygen atoms in total. The van der Waals surface area contributed by atoms with Gasteiger partial charge in [0.2, 0.25) is 0 Å². The summed E-state index contributed by atoms with van der Waals surface area (Å²) in [6.07, 6.45) is 0.668. The summed E-state index contributed by atoms with van der Waals surface area (Å²) < 4.78 is 40.4. The fraction of sp³-hybridized carbons (Fsp3) is 0.333. The van der Waals surface area contributed by atoms with Crippen LogP contribution in [-0.4, -0.2) is 13.5 Å². The van der Waals surface area contributed by atoms with Gasteiger partial charge in [-0.15, -0.1) is 0 Å². The summed E-state index contributed by atoms with van der Waals surface area (Å²) in [5.74, 6) is 0.328. The van der Waals surface area contributed by atoms with Crippen LogP contribution in [-0.2, 0) is 6.42 Å². The van der Waals surface area contributed by atoms with E-state index in [0.29, 0.717) is 12.2 Å². The maximum absolute atomic E-state index is 11.9. The molecule has 0 radical (unpaired) electrons. The molecule has 78 valence electrons. The van der Waals surface area contributed by atoms with Crippen LogP contribution in [0, 0.1) is 0 Å². The summed E-state index contributed by atoms with van der Waals surface area (Å²) in [6, 6.07) is 6.77. The van der Waals surface area contributed by atoms with Crippen molar-refractivity contribution in [2.75, 3.05) is 6.51 Å². The molecule has 0 N–H and O–H groups in total. The van der Waals surface area contributed by atoms with E-state index < -0.39 is 13.5 Å². The van der Waals surface area contributed by atoms with Crippen LogP contribution in [0.2, 0.25) is 0 Å². The Morgan fingerprint density at radius 1 is 1.20 bits per heavy atom. The first-order chi connectivity index (χ1) is 6.53. The first kappa shape index (κ1) is 15.5. The topological polar surface area (TPSA) is 9.23 Å². The number of benzene rings is 1. The molecule has 0 aliphatic carbocycles. The summed E-state index contributed by atoms with van der Waals surface area (Å²) in [4.78, 5) is 0. The first-order valence-electron chi connectivity index (χ1n) is 4.44. The Kier molecular flexibility index (Phi) is 7.20. The van der Waals surface area contributed by atoms with Crippen LogP contribution < -0.4 is 56.1 Å². The number of rotatable bonds is 4. The van der Waals surface area contributed by atoms with Crippen molar-refractivity contribution >= 4 is 6.98 Å².